The van der Waals surface area contributed by atoms with Crippen molar-refractivity contribution in [2.24, 2.45) is 0 Å². The molecule has 0 saturated carbocycles. The average Bonchev–Trinajstić information content (AvgIpc) is 2.35. The number of ether oxygens (including phenoxy) is 1. The van der Waals surface area contributed by atoms with Gasteiger partial charge in [0.1, 0.15) is 0 Å². The largest absolute Gasteiger partial charge is 0.432 e. The number of nitrogen functional groups attached to an aromatic ring is 1. The van der Waals surface area contributed by atoms with E-state index in [0.29, 0.717) is 5.69 Å². The van der Waals surface area contributed by atoms with Crippen molar-refractivity contribution < 1.29 is 17.9 Å². The Morgan fingerprint density at radius 1 is 1.30 bits per heavy atom. The standard InChI is InChI=1S/C14H21F3N2O/c1-3-4-5-6-9(2)19-12-8-13(20-14(16)17)10(15)7-11(12)18/h7-9,14,19H,3-6,18H2,1-2H3. The first-order chi connectivity index (χ1) is 9.43. The zero-order chi connectivity index (χ0) is 15.1. The van der Waals surface area contributed by atoms with E-state index in [-0.39, 0.29) is 11.7 Å². The number of rotatable bonds is 8. The smallest absolute Gasteiger partial charge is 0.387 e. The fourth-order valence-corrected chi connectivity index (χ4v) is 1.92. The van der Waals surface area contributed by atoms with Crippen LogP contribution in [0, 0.1) is 5.82 Å². The number of alkyl halides is 2. The molecule has 1 rings (SSSR count). The molecule has 114 valence electrons. The van der Waals surface area contributed by atoms with Crippen LogP contribution in [0.5, 0.6) is 5.75 Å². The summed E-state index contributed by atoms with van der Waals surface area (Å²) in [6.07, 6.45) is 4.24. The summed E-state index contributed by atoms with van der Waals surface area (Å²) < 4.78 is 41.8. The number of nitrogens with two attached hydrogens (primary N) is 1. The molecule has 0 spiro atoms. The van der Waals surface area contributed by atoms with Crippen molar-refractivity contribution in [3.8, 4) is 5.75 Å². The fourth-order valence-electron chi connectivity index (χ4n) is 1.92. The molecule has 0 aliphatic rings. The van der Waals surface area contributed by atoms with E-state index in [1.165, 1.54) is 6.07 Å². The molecule has 0 bridgehead atoms. The van der Waals surface area contributed by atoms with Crippen LogP contribution in [0.3, 0.4) is 0 Å². The maximum absolute atomic E-state index is 13.4. The van der Waals surface area contributed by atoms with Gasteiger partial charge in [0.05, 0.1) is 11.4 Å². The van der Waals surface area contributed by atoms with Gasteiger partial charge in [0.25, 0.3) is 0 Å². The van der Waals surface area contributed by atoms with Gasteiger partial charge in [-0.1, -0.05) is 26.2 Å². The normalized spacial score (nSPS) is 12.5. The second-order valence-corrected chi connectivity index (χ2v) is 4.79. The lowest BCUT2D eigenvalue weighted by atomic mass is 10.1. The molecular weight excluding hydrogens is 269 g/mol. The number of hydrogen-bond acceptors (Lipinski definition) is 3. The summed E-state index contributed by atoms with van der Waals surface area (Å²) in [5.74, 6) is -1.40. The average molecular weight is 290 g/mol. The third-order valence-electron chi connectivity index (χ3n) is 2.96. The van der Waals surface area contributed by atoms with Crippen molar-refractivity contribution in [2.75, 3.05) is 11.1 Å². The van der Waals surface area contributed by atoms with Gasteiger partial charge in [0.2, 0.25) is 0 Å². The van der Waals surface area contributed by atoms with Crippen molar-refractivity contribution in [3.63, 3.8) is 0 Å². The Hall–Kier alpha value is -1.59. The maximum atomic E-state index is 13.4. The van der Waals surface area contributed by atoms with Gasteiger partial charge in [0.15, 0.2) is 11.6 Å². The summed E-state index contributed by atoms with van der Waals surface area (Å²) in [4.78, 5) is 0. The fraction of sp³-hybridized carbons (Fsp3) is 0.571. The van der Waals surface area contributed by atoms with E-state index in [9.17, 15) is 13.2 Å². The third-order valence-corrected chi connectivity index (χ3v) is 2.96. The summed E-state index contributed by atoms with van der Waals surface area (Å²) in [6.45, 7) is 1.01. The molecule has 1 unspecified atom stereocenters. The molecule has 1 aromatic rings. The quantitative estimate of drug-likeness (QED) is 0.551. The summed E-state index contributed by atoms with van der Waals surface area (Å²) >= 11 is 0. The molecule has 1 atom stereocenters. The van der Waals surface area contributed by atoms with E-state index in [1.807, 2.05) is 6.92 Å². The van der Waals surface area contributed by atoms with Crippen LogP contribution in [-0.2, 0) is 0 Å². The molecule has 20 heavy (non-hydrogen) atoms. The van der Waals surface area contributed by atoms with Gasteiger partial charge in [-0.15, -0.1) is 0 Å². The second-order valence-electron chi connectivity index (χ2n) is 4.79. The molecule has 3 N–H and O–H groups in total. The minimum Gasteiger partial charge on any atom is -0.432 e. The maximum Gasteiger partial charge on any atom is 0.387 e. The van der Waals surface area contributed by atoms with E-state index >= 15 is 0 Å². The zero-order valence-electron chi connectivity index (χ0n) is 11.8. The Bertz CT molecular complexity index is 427. The van der Waals surface area contributed by atoms with Crippen LogP contribution < -0.4 is 15.8 Å². The molecular formula is C14H21F3N2O. The van der Waals surface area contributed by atoms with Crippen LogP contribution >= 0.6 is 0 Å². The van der Waals surface area contributed by atoms with Crippen molar-refractivity contribution in [1.29, 1.82) is 0 Å². The van der Waals surface area contributed by atoms with Crippen LogP contribution in [0.2, 0.25) is 0 Å². The highest BCUT2D eigenvalue weighted by molar-refractivity contribution is 5.68. The molecule has 0 saturated heterocycles. The first-order valence-corrected chi connectivity index (χ1v) is 6.74. The predicted molar refractivity (Wildman–Crippen MR) is 74.7 cm³/mol. The molecule has 3 nitrogen and oxygen atoms in total. The Morgan fingerprint density at radius 3 is 2.60 bits per heavy atom. The summed E-state index contributed by atoms with van der Waals surface area (Å²) in [5.41, 5.74) is 6.26. The van der Waals surface area contributed by atoms with E-state index in [0.717, 1.165) is 31.7 Å². The van der Waals surface area contributed by atoms with Crippen LogP contribution in [0.15, 0.2) is 12.1 Å². The van der Waals surface area contributed by atoms with E-state index in [2.05, 4.69) is 17.0 Å². The number of nitrogens with one attached hydrogen (secondary N) is 1. The van der Waals surface area contributed by atoms with Gasteiger partial charge >= 0.3 is 6.61 Å². The first kappa shape index (κ1) is 16.5. The highest BCUT2D eigenvalue weighted by Crippen LogP contribution is 2.30. The highest BCUT2D eigenvalue weighted by atomic mass is 19.3. The third kappa shape index (κ3) is 5.19. The molecule has 0 aliphatic carbocycles. The Labute approximate surface area is 117 Å². The zero-order valence-corrected chi connectivity index (χ0v) is 11.8. The number of anilines is 2. The first-order valence-electron chi connectivity index (χ1n) is 6.74. The SMILES string of the molecule is CCCCCC(C)Nc1cc(OC(F)F)c(F)cc1N. The highest BCUT2D eigenvalue weighted by Gasteiger charge is 2.14. The van der Waals surface area contributed by atoms with Gasteiger partial charge in [-0.25, -0.2) is 4.39 Å². The summed E-state index contributed by atoms with van der Waals surface area (Å²) in [7, 11) is 0. The van der Waals surface area contributed by atoms with Crippen molar-refractivity contribution >= 4 is 11.4 Å². The molecule has 0 fully saturated rings. The van der Waals surface area contributed by atoms with E-state index in [1.54, 1.807) is 0 Å². The molecule has 0 aromatic heterocycles. The lowest BCUT2D eigenvalue weighted by Gasteiger charge is -2.18. The van der Waals surface area contributed by atoms with Crippen LogP contribution in [0.4, 0.5) is 24.5 Å². The minimum atomic E-state index is -3.07. The number of benzene rings is 1. The van der Waals surface area contributed by atoms with Gasteiger partial charge in [-0.3, -0.25) is 0 Å². The topological polar surface area (TPSA) is 47.3 Å². The monoisotopic (exact) mass is 290 g/mol. The second kappa shape index (κ2) is 7.87. The van der Waals surface area contributed by atoms with Crippen LogP contribution in [0.1, 0.15) is 39.5 Å². The number of hydrogen-bond donors (Lipinski definition) is 2. The van der Waals surface area contributed by atoms with Gasteiger partial charge in [-0.2, -0.15) is 8.78 Å². The number of halogens is 3. The van der Waals surface area contributed by atoms with Gasteiger partial charge in [0, 0.05) is 18.2 Å². The van der Waals surface area contributed by atoms with Crippen LogP contribution in [0.25, 0.3) is 0 Å². The molecule has 0 radical (unpaired) electrons. The van der Waals surface area contributed by atoms with Crippen LogP contribution in [-0.4, -0.2) is 12.7 Å². The molecule has 0 aliphatic heterocycles. The van der Waals surface area contributed by atoms with Gasteiger partial charge < -0.3 is 15.8 Å². The minimum absolute atomic E-state index is 0.119. The molecule has 0 amide bonds. The Balaban J connectivity index is 2.73. The van der Waals surface area contributed by atoms with Crippen molar-refractivity contribution in [2.45, 2.75) is 52.2 Å². The lowest BCUT2D eigenvalue weighted by molar-refractivity contribution is -0.0521. The van der Waals surface area contributed by atoms with Crippen molar-refractivity contribution in [3.05, 3.63) is 17.9 Å². The van der Waals surface area contributed by atoms with Gasteiger partial charge in [-0.05, 0) is 13.3 Å². The van der Waals surface area contributed by atoms with E-state index in [4.69, 9.17) is 5.73 Å². The molecule has 0 heterocycles. The summed E-state index contributed by atoms with van der Waals surface area (Å²) in [6, 6.07) is 2.28. The molecule has 1 aromatic carbocycles. The Morgan fingerprint density at radius 2 is 2.00 bits per heavy atom. The summed E-state index contributed by atoms with van der Waals surface area (Å²) in [5, 5.41) is 3.09. The predicted octanol–water partition coefficient (Wildman–Crippen LogP) is 4.39. The lowest BCUT2D eigenvalue weighted by Crippen LogP contribution is -2.16. The number of unbranched alkanes of at least 4 members (excludes halogenated alkanes) is 2. The van der Waals surface area contributed by atoms with E-state index < -0.39 is 18.2 Å². The molecule has 6 heteroatoms. The Kier molecular flexibility index (Phi) is 6.48. The van der Waals surface area contributed by atoms with Crippen molar-refractivity contribution in [1.82, 2.24) is 0 Å².